The van der Waals surface area contributed by atoms with E-state index in [9.17, 15) is 4.79 Å². The van der Waals surface area contributed by atoms with E-state index in [4.69, 9.17) is 5.73 Å². The van der Waals surface area contributed by atoms with Crippen molar-refractivity contribution >= 4 is 5.91 Å². The molecule has 0 fully saturated rings. The van der Waals surface area contributed by atoms with Crippen LogP contribution in [0, 0.1) is 6.07 Å². The fourth-order valence-electron chi connectivity index (χ4n) is 1.14. The van der Waals surface area contributed by atoms with Gasteiger partial charge in [-0.3, -0.25) is 4.79 Å². The summed E-state index contributed by atoms with van der Waals surface area (Å²) >= 11 is 0. The molecule has 4 heteroatoms. The zero-order valence-corrected chi connectivity index (χ0v) is 7.84. The molecule has 0 aliphatic carbocycles. The number of nitrogens with two attached hydrogens (primary N) is 1. The fraction of sp³-hybridized carbons (Fsp3) is 0. The number of hydrogen-bond acceptors (Lipinski definition) is 3. The van der Waals surface area contributed by atoms with Crippen LogP contribution in [0.4, 0.5) is 0 Å². The van der Waals surface area contributed by atoms with Crippen molar-refractivity contribution in [2.24, 2.45) is 5.73 Å². The molecule has 2 rings (SSSR count). The van der Waals surface area contributed by atoms with Crippen molar-refractivity contribution in [3.63, 3.8) is 0 Å². The van der Waals surface area contributed by atoms with Gasteiger partial charge in [-0.15, -0.1) is 0 Å². The monoisotopic (exact) mass is 198 g/mol. The summed E-state index contributed by atoms with van der Waals surface area (Å²) in [4.78, 5) is 18.9. The number of benzene rings is 1. The zero-order chi connectivity index (χ0) is 10.7. The van der Waals surface area contributed by atoms with Crippen LogP contribution in [0.25, 0.3) is 11.4 Å². The van der Waals surface area contributed by atoms with Gasteiger partial charge in [-0.05, 0) is 6.07 Å². The summed E-state index contributed by atoms with van der Waals surface area (Å²) in [6.07, 6.45) is 2.84. The molecule has 2 N–H and O–H groups in total. The molecule has 0 bridgehead atoms. The Balaban J connectivity index is 2.36. The van der Waals surface area contributed by atoms with Crippen LogP contribution < -0.4 is 5.73 Å². The van der Waals surface area contributed by atoms with Crippen molar-refractivity contribution in [3.05, 3.63) is 48.3 Å². The van der Waals surface area contributed by atoms with Gasteiger partial charge in [0.25, 0.3) is 5.91 Å². The predicted octanol–water partition coefficient (Wildman–Crippen LogP) is 1.04. The highest BCUT2D eigenvalue weighted by Crippen LogP contribution is 2.12. The molecular weight excluding hydrogens is 190 g/mol. The predicted molar refractivity (Wildman–Crippen MR) is 54.8 cm³/mol. The van der Waals surface area contributed by atoms with Gasteiger partial charge in [-0.2, -0.15) is 0 Å². The van der Waals surface area contributed by atoms with Crippen LogP contribution in [0.1, 0.15) is 10.4 Å². The number of rotatable bonds is 2. The molecule has 0 spiro atoms. The minimum atomic E-state index is -0.525. The summed E-state index contributed by atoms with van der Waals surface area (Å²) in [6.45, 7) is 0. The molecule has 0 unspecified atom stereocenters. The lowest BCUT2D eigenvalue weighted by atomic mass is 10.2. The Hall–Kier alpha value is -2.23. The number of primary amides is 1. The van der Waals surface area contributed by atoms with E-state index in [0.717, 1.165) is 5.56 Å². The van der Waals surface area contributed by atoms with Gasteiger partial charge in [0.15, 0.2) is 5.82 Å². The van der Waals surface area contributed by atoms with Crippen LogP contribution in [0.3, 0.4) is 0 Å². The van der Waals surface area contributed by atoms with Crippen molar-refractivity contribution < 1.29 is 4.79 Å². The first-order chi connectivity index (χ1) is 7.27. The third-order valence-corrected chi connectivity index (χ3v) is 1.91. The van der Waals surface area contributed by atoms with Crippen molar-refractivity contribution in [1.29, 1.82) is 0 Å². The minimum absolute atomic E-state index is 0.307. The lowest BCUT2D eigenvalue weighted by Crippen LogP contribution is -2.11. The topological polar surface area (TPSA) is 68.9 Å². The lowest BCUT2D eigenvalue weighted by Gasteiger charge is -1.99. The van der Waals surface area contributed by atoms with E-state index in [1.807, 2.05) is 12.1 Å². The van der Waals surface area contributed by atoms with Gasteiger partial charge in [0, 0.05) is 18.0 Å². The maximum Gasteiger partial charge on any atom is 0.251 e. The zero-order valence-electron chi connectivity index (χ0n) is 7.84. The molecule has 73 valence electrons. The Labute approximate surface area is 86.8 Å². The summed E-state index contributed by atoms with van der Waals surface area (Å²) in [6, 6.07) is 10.2. The van der Waals surface area contributed by atoms with E-state index < -0.39 is 5.91 Å². The molecule has 1 radical (unpaired) electrons. The Morgan fingerprint density at radius 3 is 2.33 bits per heavy atom. The average molecular weight is 198 g/mol. The molecule has 0 aliphatic heterocycles. The van der Waals surface area contributed by atoms with Crippen LogP contribution in [-0.2, 0) is 0 Å². The van der Waals surface area contributed by atoms with Crippen LogP contribution in [0.15, 0.2) is 36.7 Å². The Morgan fingerprint density at radius 1 is 1.20 bits per heavy atom. The highest BCUT2D eigenvalue weighted by Gasteiger charge is 2.03. The maximum absolute atomic E-state index is 10.8. The van der Waals surface area contributed by atoms with Crippen molar-refractivity contribution in [1.82, 2.24) is 9.97 Å². The fourth-order valence-corrected chi connectivity index (χ4v) is 1.14. The van der Waals surface area contributed by atoms with Crippen molar-refractivity contribution in [3.8, 4) is 11.4 Å². The molecule has 1 heterocycles. The van der Waals surface area contributed by atoms with E-state index in [0.29, 0.717) is 11.4 Å². The molecule has 4 nitrogen and oxygen atoms in total. The highest BCUT2D eigenvalue weighted by molar-refractivity contribution is 5.92. The van der Waals surface area contributed by atoms with Gasteiger partial charge < -0.3 is 5.73 Å². The summed E-state index contributed by atoms with van der Waals surface area (Å²) in [5.74, 6) is 0.0388. The second-order valence-corrected chi connectivity index (χ2v) is 2.95. The van der Waals surface area contributed by atoms with E-state index in [2.05, 4.69) is 16.0 Å². The number of hydrogen-bond donors (Lipinski definition) is 1. The number of aromatic nitrogens is 2. The molecule has 0 aliphatic rings. The summed E-state index contributed by atoms with van der Waals surface area (Å²) < 4.78 is 0. The highest BCUT2D eigenvalue weighted by atomic mass is 16.1. The first-order valence-corrected chi connectivity index (χ1v) is 4.36. The number of amides is 1. The molecule has 0 saturated heterocycles. The molecule has 1 aromatic heterocycles. The Kier molecular flexibility index (Phi) is 2.41. The standard InChI is InChI=1S/C11H8N3O/c12-10(15)9-6-13-11(14-7-9)8-4-2-1-3-5-8/h2-7H,(H2,12,15). The van der Waals surface area contributed by atoms with Crippen LogP contribution >= 0.6 is 0 Å². The SMILES string of the molecule is NC(=O)c1cnc(-c2cc[c]cc2)nc1. The molecule has 0 saturated carbocycles. The number of carbonyl (C=O) groups excluding carboxylic acids is 1. The molecule has 15 heavy (non-hydrogen) atoms. The van der Waals surface area contributed by atoms with Gasteiger partial charge in [0.05, 0.1) is 5.56 Å². The van der Waals surface area contributed by atoms with Gasteiger partial charge in [0.1, 0.15) is 0 Å². The molecule has 1 amide bonds. The van der Waals surface area contributed by atoms with E-state index in [-0.39, 0.29) is 0 Å². The third-order valence-electron chi connectivity index (χ3n) is 1.91. The summed E-state index contributed by atoms with van der Waals surface area (Å²) in [5, 5.41) is 0. The summed E-state index contributed by atoms with van der Waals surface area (Å²) in [7, 11) is 0. The Morgan fingerprint density at radius 2 is 1.80 bits per heavy atom. The number of carbonyl (C=O) groups is 1. The van der Waals surface area contributed by atoms with E-state index in [1.165, 1.54) is 12.4 Å². The second kappa shape index (κ2) is 3.88. The van der Waals surface area contributed by atoms with E-state index in [1.54, 1.807) is 12.1 Å². The van der Waals surface area contributed by atoms with E-state index >= 15 is 0 Å². The smallest absolute Gasteiger partial charge is 0.251 e. The van der Waals surface area contributed by atoms with Crippen molar-refractivity contribution in [2.45, 2.75) is 0 Å². The van der Waals surface area contributed by atoms with Gasteiger partial charge in [0.2, 0.25) is 0 Å². The first-order valence-electron chi connectivity index (χ1n) is 4.36. The molecule has 2 aromatic rings. The van der Waals surface area contributed by atoms with Gasteiger partial charge in [-0.25, -0.2) is 9.97 Å². The van der Waals surface area contributed by atoms with Crippen LogP contribution in [0.2, 0.25) is 0 Å². The Bertz CT molecular complexity index is 465. The normalized spacial score (nSPS) is 9.87. The summed E-state index contributed by atoms with van der Waals surface area (Å²) in [5.41, 5.74) is 6.26. The largest absolute Gasteiger partial charge is 0.366 e. The quantitative estimate of drug-likeness (QED) is 0.783. The van der Waals surface area contributed by atoms with Crippen LogP contribution in [-0.4, -0.2) is 15.9 Å². The third kappa shape index (κ3) is 1.99. The molecule has 1 aromatic carbocycles. The second-order valence-electron chi connectivity index (χ2n) is 2.95. The van der Waals surface area contributed by atoms with Gasteiger partial charge in [-0.1, -0.05) is 24.3 Å². The average Bonchev–Trinajstić information content (AvgIpc) is 2.30. The lowest BCUT2D eigenvalue weighted by molar-refractivity contribution is 0.0999. The molecular formula is C11H8N3O. The van der Waals surface area contributed by atoms with Crippen LogP contribution in [0.5, 0.6) is 0 Å². The minimum Gasteiger partial charge on any atom is -0.366 e. The molecule has 0 atom stereocenters. The maximum atomic E-state index is 10.8. The van der Waals surface area contributed by atoms with Gasteiger partial charge >= 0.3 is 0 Å². The van der Waals surface area contributed by atoms with Crippen molar-refractivity contribution in [2.75, 3.05) is 0 Å². The first kappa shape index (κ1) is 9.33. The number of nitrogens with zero attached hydrogens (tertiary/aromatic N) is 2.